The molecule has 20 heavy (non-hydrogen) atoms. The minimum atomic E-state index is -0.440. The van der Waals surface area contributed by atoms with E-state index < -0.39 is 7.12 Å². The summed E-state index contributed by atoms with van der Waals surface area (Å²) in [6.07, 6.45) is 4.17. The molecule has 1 saturated carbocycles. The molecule has 0 aromatic carbocycles. The Morgan fingerprint density at radius 1 is 1.25 bits per heavy atom. The number of nitrogens with zero attached hydrogens (tertiary/aromatic N) is 1. The van der Waals surface area contributed by atoms with Crippen molar-refractivity contribution < 1.29 is 14.0 Å². The van der Waals surface area contributed by atoms with E-state index in [0.717, 1.165) is 18.3 Å². The van der Waals surface area contributed by atoms with Crippen molar-refractivity contribution in [2.24, 2.45) is 0 Å². The van der Waals surface area contributed by atoms with Crippen LogP contribution in [0.1, 0.15) is 40.5 Å². The molecule has 0 atom stereocenters. The number of nitrogen functional groups attached to an aromatic ring is 1. The van der Waals surface area contributed by atoms with E-state index in [-0.39, 0.29) is 17.3 Å². The summed E-state index contributed by atoms with van der Waals surface area (Å²) in [5.74, 6) is 0.507. The highest BCUT2D eigenvalue weighted by Crippen LogP contribution is 2.36. The molecule has 0 spiro atoms. The number of nitrogens with two attached hydrogens (primary N) is 1. The first kappa shape index (κ1) is 13.7. The van der Waals surface area contributed by atoms with Gasteiger partial charge in [0, 0.05) is 11.7 Å². The zero-order chi connectivity index (χ0) is 14.5. The Morgan fingerprint density at radius 2 is 1.85 bits per heavy atom. The summed E-state index contributed by atoms with van der Waals surface area (Å²) in [6.45, 7) is 8.09. The fourth-order valence-electron chi connectivity index (χ4n) is 2.04. The summed E-state index contributed by atoms with van der Waals surface area (Å²) in [4.78, 5) is 4.29. The molecule has 0 bridgehead atoms. The molecule has 0 amide bonds. The maximum atomic E-state index is 6.00. The van der Waals surface area contributed by atoms with Gasteiger partial charge < -0.3 is 19.8 Å². The summed E-state index contributed by atoms with van der Waals surface area (Å²) in [6, 6.07) is 1.83. The summed E-state index contributed by atoms with van der Waals surface area (Å²) >= 11 is 0. The van der Waals surface area contributed by atoms with Gasteiger partial charge in [-0.25, -0.2) is 4.98 Å². The Morgan fingerprint density at radius 3 is 2.35 bits per heavy atom. The Bertz CT molecular complexity index is 513. The van der Waals surface area contributed by atoms with Crippen LogP contribution in [0, 0.1) is 0 Å². The Labute approximate surface area is 119 Å². The summed E-state index contributed by atoms with van der Waals surface area (Å²) in [5, 5.41) is 0. The predicted octanol–water partition coefficient (Wildman–Crippen LogP) is 1.50. The van der Waals surface area contributed by atoms with E-state index in [4.69, 9.17) is 19.8 Å². The minimum absolute atomic E-state index is 0.285. The molecule has 1 aliphatic heterocycles. The van der Waals surface area contributed by atoms with Gasteiger partial charge in [-0.1, -0.05) is 0 Å². The van der Waals surface area contributed by atoms with E-state index in [1.807, 2.05) is 33.8 Å². The molecule has 2 heterocycles. The van der Waals surface area contributed by atoms with E-state index >= 15 is 0 Å². The van der Waals surface area contributed by atoms with Crippen molar-refractivity contribution in [3.05, 3.63) is 12.3 Å². The van der Waals surface area contributed by atoms with Gasteiger partial charge >= 0.3 is 7.12 Å². The van der Waals surface area contributed by atoms with Crippen molar-refractivity contribution in [2.75, 3.05) is 5.73 Å². The lowest BCUT2D eigenvalue weighted by Crippen LogP contribution is -2.41. The number of hydrogen-bond donors (Lipinski definition) is 1. The Kier molecular flexibility index (Phi) is 2.99. The number of ether oxygens (including phenoxy) is 1. The maximum Gasteiger partial charge on any atom is 0.496 e. The van der Waals surface area contributed by atoms with Crippen LogP contribution in [0.15, 0.2) is 12.3 Å². The highest BCUT2D eigenvalue weighted by molar-refractivity contribution is 6.62. The highest BCUT2D eigenvalue weighted by Gasteiger charge is 2.51. The minimum Gasteiger partial charge on any atom is -0.473 e. The molecule has 1 aromatic heterocycles. The van der Waals surface area contributed by atoms with Crippen LogP contribution < -0.4 is 15.9 Å². The third kappa shape index (κ3) is 2.38. The zero-order valence-corrected chi connectivity index (χ0v) is 12.5. The smallest absolute Gasteiger partial charge is 0.473 e. The van der Waals surface area contributed by atoms with Crippen molar-refractivity contribution in [3.63, 3.8) is 0 Å². The molecule has 1 aromatic rings. The molecule has 2 aliphatic rings. The van der Waals surface area contributed by atoms with E-state index in [1.165, 1.54) is 0 Å². The first-order valence-electron chi connectivity index (χ1n) is 7.06. The third-order valence-corrected chi connectivity index (χ3v) is 4.23. The third-order valence-electron chi connectivity index (χ3n) is 4.23. The first-order chi connectivity index (χ1) is 9.28. The second-order valence-corrected chi connectivity index (χ2v) is 6.57. The lowest BCUT2D eigenvalue weighted by atomic mass is 9.80. The van der Waals surface area contributed by atoms with Gasteiger partial charge in [-0.3, -0.25) is 0 Å². The van der Waals surface area contributed by atoms with Gasteiger partial charge in [0.1, 0.15) is 6.10 Å². The summed E-state index contributed by atoms with van der Waals surface area (Å²) < 4.78 is 17.6. The molecule has 108 valence electrons. The number of anilines is 1. The van der Waals surface area contributed by atoms with Crippen LogP contribution in [-0.4, -0.2) is 29.4 Å². The van der Waals surface area contributed by atoms with Crippen LogP contribution in [-0.2, 0) is 9.31 Å². The maximum absolute atomic E-state index is 6.00. The van der Waals surface area contributed by atoms with Gasteiger partial charge in [0.05, 0.1) is 16.9 Å². The van der Waals surface area contributed by atoms with Crippen LogP contribution in [0.2, 0.25) is 0 Å². The number of pyridine rings is 1. The van der Waals surface area contributed by atoms with Gasteiger partial charge in [0.25, 0.3) is 0 Å². The van der Waals surface area contributed by atoms with Gasteiger partial charge in [-0.15, -0.1) is 0 Å². The van der Waals surface area contributed by atoms with E-state index in [2.05, 4.69) is 4.98 Å². The van der Waals surface area contributed by atoms with Crippen molar-refractivity contribution in [3.8, 4) is 5.88 Å². The Balaban J connectivity index is 1.79. The normalized spacial score (nSPS) is 23.9. The molecule has 6 heteroatoms. The molecule has 2 N–H and O–H groups in total. The average Bonchev–Trinajstić information content (AvgIpc) is 3.10. The standard InChI is InChI=1S/C14H21BN2O3/c1-13(2)14(3,4)20-15(19-13)9-7-11(16)12(17-8-9)18-10-5-6-10/h7-8,10H,5-6,16H2,1-4H3. The molecule has 0 unspecified atom stereocenters. The predicted molar refractivity (Wildman–Crippen MR) is 78.0 cm³/mol. The SMILES string of the molecule is CC1(C)OB(c2cnc(OC3CC3)c(N)c2)OC1(C)C. The number of hydrogen-bond acceptors (Lipinski definition) is 5. The highest BCUT2D eigenvalue weighted by atomic mass is 16.7. The molecular weight excluding hydrogens is 255 g/mol. The first-order valence-corrected chi connectivity index (χ1v) is 7.06. The topological polar surface area (TPSA) is 66.6 Å². The largest absolute Gasteiger partial charge is 0.496 e. The second kappa shape index (κ2) is 4.36. The number of aromatic nitrogens is 1. The van der Waals surface area contributed by atoms with Crippen molar-refractivity contribution in [2.45, 2.75) is 57.8 Å². The fraction of sp³-hybridized carbons (Fsp3) is 0.643. The van der Waals surface area contributed by atoms with Crippen LogP contribution in [0.4, 0.5) is 5.69 Å². The van der Waals surface area contributed by atoms with Crippen molar-refractivity contribution >= 4 is 18.3 Å². The van der Waals surface area contributed by atoms with E-state index in [0.29, 0.717) is 11.6 Å². The van der Waals surface area contributed by atoms with E-state index in [9.17, 15) is 0 Å². The quantitative estimate of drug-likeness (QED) is 0.847. The Hall–Kier alpha value is -1.27. The van der Waals surface area contributed by atoms with Gasteiger partial charge in [-0.05, 0) is 46.6 Å². The fourth-order valence-corrected chi connectivity index (χ4v) is 2.04. The van der Waals surface area contributed by atoms with Crippen LogP contribution >= 0.6 is 0 Å². The number of rotatable bonds is 3. The van der Waals surface area contributed by atoms with Crippen LogP contribution in [0.25, 0.3) is 0 Å². The van der Waals surface area contributed by atoms with Crippen molar-refractivity contribution in [1.82, 2.24) is 4.98 Å². The lowest BCUT2D eigenvalue weighted by Gasteiger charge is -2.32. The lowest BCUT2D eigenvalue weighted by molar-refractivity contribution is 0.00578. The molecule has 3 rings (SSSR count). The second-order valence-electron chi connectivity index (χ2n) is 6.57. The zero-order valence-electron chi connectivity index (χ0n) is 12.5. The van der Waals surface area contributed by atoms with Gasteiger partial charge in [0.2, 0.25) is 5.88 Å². The molecule has 0 radical (unpaired) electrons. The summed E-state index contributed by atoms with van der Waals surface area (Å²) in [5.41, 5.74) is 6.63. The molecular formula is C14H21BN2O3. The molecule has 2 fully saturated rings. The van der Waals surface area contributed by atoms with Crippen LogP contribution in [0.3, 0.4) is 0 Å². The molecule has 5 nitrogen and oxygen atoms in total. The van der Waals surface area contributed by atoms with Crippen LogP contribution in [0.5, 0.6) is 5.88 Å². The van der Waals surface area contributed by atoms with E-state index in [1.54, 1.807) is 6.20 Å². The molecule has 1 saturated heterocycles. The summed E-state index contributed by atoms with van der Waals surface area (Å²) in [7, 11) is -0.440. The molecule has 1 aliphatic carbocycles. The van der Waals surface area contributed by atoms with Crippen molar-refractivity contribution in [1.29, 1.82) is 0 Å². The monoisotopic (exact) mass is 276 g/mol. The average molecular weight is 276 g/mol. The van der Waals surface area contributed by atoms with Gasteiger partial charge in [0.15, 0.2) is 0 Å². The van der Waals surface area contributed by atoms with Gasteiger partial charge in [-0.2, -0.15) is 0 Å².